The zero-order valence-electron chi connectivity index (χ0n) is 7.55. The summed E-state index contributed by atoms with van der Waals surface area (Å²) < 4.78 is 0. The van der Waals surface area contributed by atoms with Crippen LogP contribution >= 0.6 is 0 Å². The minimum Gasteiger partial charge on any atom is -0.275 e. The topological polar surface area (TPSA) is 84.4 Å². The maximum Gasteiger partial charge on any atom is 0.345 e. The van der Waals surface area contributed by atoms with Crippen molar-refractivity contribution in [2.24, 2.45) is 11.7 Å². The van der Waals surface area contributed by atoms with E-state index in [1.807, 2.05) is 5.43 Å². The van der Waals surface area contributed by atoms with Gasteiger partial charge in [-0.05, 0) is 6.42 Å². The molecule has 0 unspecified atom stereocenters. The van der Waals surface area contributed by atoms with Crippen molar-refractivity contribution in [1.29, 1.82) is 0 Å². The lowest BCUT2D eigenvalue weighted by Gasteiger charge is -2.14. The van der Waals surface area contributed by atoms with E-state index in [9.17, 15) is 4.79 Å². The highest BCUT2D eigenvalue weighted by atomic mass is 16.2. The van der Waals surface area contributed by atoms with Crippen molar-refractivity contribution in [3.05, 3.63) is 0 Å². The summed E-state index contributed by atoms with van der Waals surface area (Å²) in [7, 11) is 0. The Morgan fingerprint density at radius 2 is 2.08 bits per heavy atom. The van der Waals surface area contributed by atoms with Crippen molar-refractivity contribution in [1.82, 2.24) is 10.4 Å². The van der Waals surface area contributed by atoms with E-state index in [1.54, 1.807) is 0 Å². The van der Waals surface area contributed by atoms with Crippen LogP contribution in [0.15, 0.2) is 0 Å². The SMILES string of the molecule is CCCCCCN(N)C(=O)NN. The Kier molecular flexibility index (Phi) is 6.41. The first-order valence-corrected chi connectivity index (χ1v) is 4.25. The van der Waals surface area contributed by atoms with E-state index in [0.29, 0.717) is 6.54 Å². The molecular formula is C7H18N4O. The van der Waals surface area contributed by atoms with Crippen LogP contribution in [0.4, 0.5) is 4.79 Å². The number of unbranched alkanes of at least 4 members (excludes halogenated alkanes) is 3. The van der Waals surface area contributed by atoms with Crippen LogP contribution in [0.1, 0.15) is 32.6 Å². The molecular weight excluding hydrogens is 156 g/mol. The molecule has 5 nitrogen and oxygen atoms in total. The van der Waals surface area contributed by atoms with E-state index in [2.05, 4.69) is 6.92 Å². The van der Waals surface area contributed by atoms with Gasteiger partial charge in [-0.3, -0.25) is 10.4 Å². The third kappa shape index (κ3) is 4.92. The summed E-state index contributed by atoms with van der Waals surface area (Å²) in [6, 6.07) is -0.438. The van der Waals surface area contributed by atoms with Gasteiger partial charge in [0.2, 0.25) is 0 Å². The summed E-state index contributed by atoms with van der Waals surface area (Å²) in [6.45, 7) is 2.69. The lowest BCUT2D eigenvalue weighted by molar-refractivity contribution is 0.198. The molecule has 0 saturated heterocycles. The minimum absolute atomic E-state index is 0.438. The molecule has 0 aliphatic rings. The van der Waals surface area contributed by atoms with Gasteiger partial charge in [0.15, 0.2) is 0 Å². The highest BCUT2D eigenvalue weighted by Gasteiger charge is 2.04. The monoisotopic (exact) mass is 174 g/mol. The number of amides is 2. The van der Waals surface area contributed by atoms with E-state index in [-0.39, 0.29) is 0 Å². The molecule has 0 aromatic heterocycles. The summed E-state index contributed by atoms with van der Waals surface area (Å²) in [4.78, 5) is 10.7. The van der Waals surface area contributed by atoms with Crippen LogP contribution in [-0.2, 0) is 0 Å². The van der Waals surface area contributed by atoms with Crippen molar-refractivity contribution in [3.8, 4) is 0 Å². The molecule has 0 atom stereocenters. The Morgan fingerprint density at radius 1 is 1.42 bits per heavy atom. The Bertz CT molecular complexity index is 129. The third-order valence-electron chi connectivity index (χ3n) is 1.64. The normalized spacial score (nSPS) is 9.58. The molecule has 5 N–H and O–H groups in total. The number of hydrogen-bond donors (Lipinski definition) is 3. The van der Waals surface area contributed by atoms with Crippen LogP contribution in [0, 0.1) is 0 Å². The molecule has 0 aliphatic heterocycles. The number of hydrogen-bond acceptors (Lipinski definition) is 3. The lowest BCUT2D eigenvalue weighted by atomic mass is 10.2. The highest BCUT2D eigenvalue weighted by Crippen LogP contribution is 1.98. The van der Waals surface area contributed by atoms with Gasteiger partial charge in [-0.25, -0.2) is 16.5 Å². The summed E-state index contributed by atoms with van der Waals surface area (Å²) in [5.41, 5.74) is 1.97. The van der Waals surface area contributed by atoms with Crippen molar-refractivity contribution < 1.29 is 4.79 Å². The van der Waals surface area contributed by atoms with Gasteiger partial charge in [-0.1, -0.05) is 26.2 Å². The number of carbonyl (C=O) groups is 1. The van der Waals surface area contributed by atoms with Gasteiger partial charge in [-0.2, -0.15) is 0 Å². The predicted molar refractivity (Wildman–Crippen MR) is 47.8 cm³/mol. The Hall–Kier alpha value is -0.810. The van der Waals surface area contributed by atoms with Crippen LogP contribution in [0.25, 0.3) is 0 Å². The van der Waals surface area contributed by atoms with Crippen molar-refractivity contribution in [2.75, 3.05) is 6.54 Å². The number of nitrogens with one attached hydrogen (secondary N) is 1. The average molecular weight is 174 g/mol. The molecule has 2 amide bonds. The smallest absolute Gasteiger partial charge is 0.275 e. The fraction of sp³-hybridized carbons (Fsp3) is 0.857. The molecule has 0 saturated carbocycles. The van der Waals surface area contributed by atoms with Crippen molar-refractivity contribution >= 4 is 6.03 Å². The molecule has 0 bridgehead atoms. The molecule has 0 aromatic carbocycles. The summed E-state index contributed by atoms with van der Waals surface area (Å²) in [5, 5.41) is 1.09. The van der Waals surface area contributed by atoms with Gasteiger partial charge in [0, 0.05) is 6.54 Å². The van der Waals surface area contributed by atoms with E-state index in [0.717, 1.165) is 17.9 Å². The molecule has 5 heteroatoms. The van der Waals surface area contributed by atoms with Gasteiger partial charge < -0.3 is 0 Å². The molecule has 0 radical (unpaired) electrons. The van der Waals surface area contributed by atoms with Crippen LogP contribution in [-0.4, -0.2) is 17.6 Å². The molecule has 0 rings (SSSR count). The first-order valence-electron chi connectivity index (χ1n) is 4.25. The fourth-order valence-electron chi connectivity index (χ4n) is 0.893. The quantitative estimate of drug-likeness (QED) is 0.243. The molecule has 0 spiro atoms. The van der Waals surface area contributed by atoms with Crippen LogP contribution in [0.3, 0.4) is 0 Å². The number of nitrogens with zero attached hydrogens (tertiary/aromatic N) is 1. The van der Waals surface area contributed by atoms with Gasteiger partial charge in [0.05, 0.1) is 0 Å². The number of carbonyl (C=O) groups excluding carboxylic acids is 1. The maximum atomic E-state index is 10.7. The molecule has 0 aromatic rings. The fourth-order valence-corrected chi connectivity index (χ4v) is 0.893. The van der Waals surface area contributed by atoms with Gasteiger partial charge in [0.25, 0.3) is 0 Å². The summed E-state index contributed by atoms with van der Waals surface area (Å²) >= 11 is 0. The number of rotatable bonds is 5. The Balaban J connectivity index is 3.31. The zero-order valence-corrected chi connectivity index (χ0v) is 7.55. The average Bonchev–Trinajstić information content (AvgIpc) is 2.10. The van der Waals surface area contributed by atoms with Crippen LogP contribution in [0.5, 0.6) is 0 Å². The lowest BCUT2D eigenvalue weighted by Crippen LogP contribution is -2.47. The molecule has 0 aliphatic carbocycles. The second kappa shape index (κ2) is 6.87. The zero-order chi connectivity index (χ0) is 9.40. The number of hydrazine groups is 2. The molecule has 12 heavy (non-hydrogen) atoms. The summed E-state index contributed by atoms with van der Waals surface area (Å²) in [6.07, 6.45) is 4.38. The van der Waals surface area contributed by atoms with Crippen LogP contribution in [0.2, 0.25) is 0 Å². The van der Waals surface area contributed by atoms with E-state index in [1.165, 1.54) is 12.8 Å². The van der Waals surface area contributed by atoms with Gasteiger partial charge in [0.1, 0.15) is 0 Å². The maximum absolute atomic E-state index is 10.7. The van der Waals surface area contributed by atoms with E-state index < -0.39 is 6.03 Å². The number of nitrogens with two attached hydrogens (primary N) is 2. The van der Waals surface area contributed by atoms with E-state index in [4.69, 9.17) is 11.7 Å². The Labute approximate surface area is 73.0 Å². The van der Waals surface area contributed by atoms with E-state index >= 15 is 0 Å². The third-order valence-corrected chi connectivity index (χ3v) is 1.64. The molecule has 0 fully saturated rings. The predicted octanol–water partition coefficient (Wildman–Crippen LogP) is 0.326. The first-order chi connectivity index (χ1) is 5.72. The molecule has 0 heterocycles. The minimum atomic E-state index is -0.438. The van der Waals surface area contributed by atoms with Gasteiger partial charge in [-0.15, -0.1) is 0 Å². The first kappa shape index (κ1) is 11.2. The van der Waals surface area contributed by atoms with Crippen molar-refractivity contribution in [3.63, 3.8) is 0 Å². The number of urea groups is 1. The second-order valence-corrected chi connectivity index (χ2v) is 2.70. The summed E-state index contributed by atoms with van der Waals surface area (Å²) in [5.74, 6) is 10.2. The largest absolute Gasteiger partial charge is 0.345 e. The van der Waals surface area contributed by atoms with Gasteiger partial charge >= 0.3 is 6.03 Å². The molecule has 72 valence electrons. The standard InChI is InChI=1S/C7H18N4O/c1-2-3-4-5-6-11(9)7(12)10-8/h2-6,8-9H2,1H3,(H,10,12). The van der Waals surface area contributed by atoms with Crippen LogP contribution < -0.4 is 17.1 Å². The second-order valence-electron chi connectivity index (χ2n) is 2.70. The van der Waals surface area contributed by atoms with Crippen molar-refractivity contribution in [2.45, 2.75) is 32.6 Å². The Morgan fingerprint density at radius 3 is 2.58 bits per heavy atom. The highest BCUT2D eigenvalue weighted by molar-refractivity contribution is 5.72.